The molecule has 4 aromatic carbocycles. The number of phenols is 1. The van der Waals surface area contributed by atoms with Crippen molar-refractivity contribution in [3.8, 4) is 22.6 Å². The fourth-order valence-electron chi connectivity index (χ4n) is 9.06. The van der Waals surface area contributed by atoms with E-state index in [4.69, 9.17) is 40.3 Å². The molecule has 8 rings (SSSR count). The summed E-state index contributed by atoms with van der Waals surface area (Å²) in [6.45, 7) is 7.59. The van der Waals surface area contributed by atoms with Crippen molar-refractivity contribution in [2.45, 2.75) is 45.2 Å². The molecule has 2 fully saturated rings. The van der Waals surface area contributed by atoms with Crippen LogP contribution in [-0.2, 0) is 44.7 Å². The number of hydrogen-bond donors (Lipinski definition) is 3. The number of benzene rings is 4. The molecular formula is C52H60ClFN8O11. The zero-order valence-electron chi connectivity index (χ0n) is 41.0. The van der Waals surface area contributed by atoms with Gasteiger partial charge in [-0.3, -0.25) is 29.3 Å². The lowest BCUT2D eigenvalue weighted by atomic mass is 9.96. The molecule has 5 amide bonds. The molecular weight excluding hydrogens is 967 g/mol. The van der Waals surface area contributed by atoms with E-state index in [0.29, 0.717) is 144 Å². The second-order valence-electron chi connectivity index (χ2n) is 17.8. The average Bonchev–Trinajstić information content (AvgIpc) is 3.71. The molecule has 73 heavy (non-hydrogen) atoms. The van der Waals surface area contributed by atoms with E-state index in [1.807, 2.05) is 36.1 Å². The molecule has 1 atom stereocenters. The molecule has 0 spiro atoms. The maximum absolute atomic E-state index is 16.9. The Bertz CT molecular complexity index is 2830. The van der Waals surface area contributed by atoms with E-state index in [9.17, 15) is 29.1 Å². The van der Waals surface area contributed by atoms with Gasteiger partial charge in [-0.15, -0.1) is 0 Å². The number of halogens is 2. The van der Waals surface area contributed by atoms with Gasteiger partial charge in [-0.05, 0) is 64.7 Å². The highest BCUT2D eigenvalue weighted by Gasteiger charge is 2.39. The maximum Gasteiger partial charge on any atom is 0.255 e. The highest BCUT2D eigenvalue weighted by atomic mass is 35.5. The van der Waals surface area contributed by atoms with Crippen LogP contribution in [0.15, 0.2) is 60.7 Å². The number of aromatic hydroxyl groups is 1. The summed E-state index contributed by atoms with van der Waals surface area (Å²) in [6.07, 6.45) is 1.01. The molecule has 3 N–H and O–H groups in total. The topological polar surface area (TPSA) is 215 Å². The molecule has 0 radical (unpaired) electrons. The van der Waals surface area contributed by atoms with Crippen molar-refractivity contribution in [1.29, 1.82) is 0 Å². The standard InChI is InChI=1S/C52H60ClFN8O11/c1-3-44(65)60-14-16-61(17-15-60)49-40-31-41(53)46(39-30-35(63)28-33-6-4-5-7-37(33)39)47(54)48(40)57-52(58-49)55-13-12-45(66)59(2)18-19-69-20-21-70-22-23-71-24-25-72-26-27-73-36-8-9-38-34(29-36)32-62(51(38)68)42-10-11-43(64)56-50(42)67/h4-9,28-31,42,63H,3,10-27,32H2,1-2H3,(H,55,57,58)(H,56,64,67). The van der Waals surface area contributed by atoms with Crippen molar-refractivity contribution in [2.24, 2.45) is 0 Å². The highest BCUT2D eigenvalue weighted by Crippen LogP contribution is 2.42. The van der Waals surface area contributed by atoms with Crippen LogP contribution >= 0.6 is 11.6 Å². The number of amides is 5. The van der Waals surface area contributed by atoms with Crippen molar-refractivity contribution < 1.29 is 57.2 Å². The first-order valence-electron chi connectivity index (χ1n) is 24.5. The lowest BCUT2D eigenvalue weighted by molar-refractivity contribution is -0.137. The lowest BCUT2D eigenvalue weighted by Gasteiger charge is -2.36. The number of imide groups is 1. The van der Waals surface area contributed by atoms with Crippen LogP contribution in [0.1, 0.15) is 48.5 Å². The van der Waals surface area contributed by atoms with Crippen molar-refractivity contribution in [3.63, 3.8) is 0 Å². The molecule has 1 unspecified atom stereocenters. The van der Waals surface area contributed by atoms with Gasteiger partial charge in [0.15, 0.2) is 5.82 Å². The first-order chi connectivity index (χ1) is 35.4. The average molecular weight is 1030 g/mol. The van der Waals surface area contributed by atoms with Crippen molar-refractivity contribution in [1.82, 2.24) is 30.0 Å². The fraction of sp³-hybridized carbons (Fsp3) is 0.442. The molecule has 1 aromatic heterocycles. The van der Waals surface area contributed by atoms with Crippen molar-refractivity contribution >= 4 is 74.6 Å². The minimum Gasteiger partial charge on any atom is -0.508 e. The zero-order chi connectivity index (χ0) is 51.4. The number of ether oxygens (including phenoxy) is 5. The van der Waals surface area contributed by atoms with E-state index >= 15 is 4.39 Å². The number of anilines is 2. The van der Waals surface area contributed by atoms with Crippen LogP contribution in [0.5, 0.6) is 11.5 Å². The smallest absolute Gasteiger partial charge is 0.255 e. The Balaban J connectivity index is 0.716. The largest absolute Gasteiger partial charge is 0.508 e. The van der Waals surface area contributed by atoms with Gasteiger partial charge >= 0.3 is 0 Å². The van der Waals surface area contributed by atoms with E-state index in [1.165, 1.54) is 11.0 Å². The van der Waals surface area contributed by atoms with Crippen LogP contribution in [0.3, 0.4) is 0 Å². The Kier molecular flexibility index (Phi) is 17.9. The molecule has 3 aliphatic heterocycles. The monoisotopic (exact) mass is 1030 g/mol. The van der Waals surface area contributed by atoms with Gasteiger partial charge in [0.2, 0.25) is 29.6 Å². The molecule has 0 aliphatic carbocycles. The number of nitrogens with zero attached hydrogens (tertiary/aromatic N) is 6. The molecule has 4 heterocycles. The summed E-state index contributed by atoms with van der Waals surface area (Å²) in [5, 5.41) is 18.0. The zero-order valence-corrected chi connectivity index (χ0v) is 41.7. The number of likely N-dealkylation sites (N-methyl/N-ethyl adjacent to an activating group) is 1. The molecule has 5 aromatic rings. The summed E-state index contributed by atoms with van der Waals surface area (Å²) < 4.78 is 45.2. The van der Waals surface area contributed by atoms with E-state index in [-0.39, 0.29) is 77.4 Å². The van der Waals surface area contributed by atoms with Gasteiger partial charge in [0.1, 0.15) is 35.5 Å². The summed E-state index contributed by atoms with van der Waals surface area (Å²) >= 11 is 6.88. The number of rotatable bonds is 24. The molecule has 19 nitrogen and oxygen atoms in total. The molecule has 2 saturated heterocycles. The predicted octanol–water partition coefficient (Wildman–Crippen LogP) is 5.17. The number of piperidine rings is 1. The molecule has 0 bridgehead atoms. The van der Waals surface area contributed by atoms with Crippen LogP contribution < -0.4 is 20.3 Å². The van der Waals surface area contributed by atoms with Crippen LogP contribution in [0.4, 0.5) is 16.2 Å². The van der Waals surface area contributed by atoms with Crippen molar-refractivity contribution in [3.05, 3.63) is 82.6 Å². The minimum atomic E-state index is -0.680. The minimum absolute atomic E-state index is 0.0206. The highest BCUT2D eigenvalue weighted by molar-refractivity contribution is 6.35. The Morgan fingerprint density at radius 2 is 1.56 bits per heavy atom. The summed E-state index contributed by atoms with van der Waals surface area (Å²) in [5.41, 5.74) is 1.81. The van der Waals surface area contributed by atoms with E-state index in [0.717, 1.165) is 5.56 Å². The lowest BCUT2D eigenvalue weighted by Crippen LogP contribution is -2.52. The van der Waals surface area contributed by atoms with Crippen LogP contribution in [0.2, 0.25) is 5.02 Å². The summed E-state index contributed by atoms with van der Waals surface area (Å²) in [4.78, 5) is 78.5. The van der Waals surface area contributed by atoms with Gasteiger partial charge < -0.3 is 53.7 Å². The molecule has 21 heteroatoms. The number of piperazine rings is 1. The number of nitrogens with one attached hydrogen (secondary N) is 2. The summed E-state index contributed by atoms with van der Waals surface area (Å²) in [6, 6.07) is 16.6. The third-order valence-electron chi connectivity index (χ3n) is 12.9. The number of phenolic OH excluding ortho intramolecular Hbond substituents is 1. The number of carbonyl (C=O) groups excluding carboxylic acids is 5. The van der Waals surface area contributed by atoms with E-state index in [2.05, 4.69) is 15.6 Å². The predicted molar refractivity (Wildman–Crippen MR) is 270 cm³/mol. The van der Waals surface area contributed by atoms with Gasteiger partial charge in [-0.1, -0.05) is 42.8 Å². The fourth-order valence-corrected chi connectivity index (χ4v) is 9.35. The molecule has 388 valence electrons. The van der Waals surface area contributed by atoms with Gasteiger partial charge in [-0.2, -0.15) is 4.98 Å². The number of hydrogen-bond acceptors (Lipinski definition) is 15. The Morgan fingerprint density at radius 1 is 0.863 bits per heavy atom. The van der Waals surface area contributed by atoms with Crippen LogP contribution in [-0.4, -0.2) is 171 Å². The number of fused-ring (bicyclic) bond motifs is 3. The third-order valence-corrected chi connectivity index (χ3v) is 13.2. The SMILES string of the molecule is CCC(=O)N1CCN(c2nc(NCCC(=O)N(C)CCOCCOCCOCCOCCOc3ccc4c(c3)CN(C3CCC(=O)NC3=O)C4=O)nc3c(F)c(-c4cc(O)cc5ccccc45)c(Cl)cc23)CC1. The first kappa shape index (κ1) is 52.6. The second kappa shape index (κ2) is 24.8. The molecule has 3 aliphatic rings. The van der Waals surface area contributed by atoms with Crippen molar-refractivity contribution in [2.75, 3.05) is 116 Å². The third kappa shape index (κ3) is 12.9. The Labute approximate surface area is 426 Å². The Morgan fingerprint density at radius 3 is 2.27 bits per heavy atom. The quantitative estimate of drug-likeness (QED) is 0.0537. The normalized spacial score (nSPS) is 15.8. The van der Waals surface area contributed by atoms with E-state index < -0.39 is 17.8 Å². The molecule has 0 saturated carbocycles. The van der Waals surface area contributed by atoms with Crippen LogP contribution in [0.25, 0.3) is 32.8 Å². The Hall–Kier alpha value is -6.71. The first-order valence-corrected chi connectivity index (χ1v) is 24.9. The van der Waals surface area contributed by atoms with Gasteiger partial charge in [-0.25, -0.2) is 9.37 Å². The second-order valence-corrected chi connectivity index (χ2v) is 18.2. The van der Waals surface area contributed by atoms with E-state index in [1.54, 1.807) is 47.2 Å². The number of carbonyl (C=O) groups is 5. The van der Waals surface area contributed by atoms with Gasteiger partial charge in [0.05, 0.1) is 57.9 Å². The summed E-state index contributed by atoms with van der Waals surface area (Å²) in [5.74, 6) is -0.652. The van der Waals surface area contributed by atoms with Gasteiger partial charge in [0.25, 0.3) is 5.91 Å². The summed E-state index contributed by atoms with van der Waals surface area (Å²) in [7, 11) is 1.69. The number of aromatic nitrogens is 2. The van der Waals surface area contributed by atoms with Gasteiger partial charge in [0, 0.05) is 88.6 Å². The van der Waals surface area contributed by atoms with Crippen LogP contribution in [0, 0.1) is 5.82 Å². The maximum atomic E-state index is 16.9.